The van der Waals surface area contributed by atoms with Crippen molar-refractivity contribution in [3.63, 3.8) is 0 Å². The molecule has 0 radical (unpaired) electrons. The third-order valence-corrected chi connectivity index (χ3v) is 1.82. The maximum Gasteiger partial charge on any atom is 0.394 e. The van der Waals surface area contributed by atoms with Gasteiger partial charge in [-0.3, -0.25) is 18.7 Å². The minimum Gasteiger partial charge on any atom is -0.497 e. The van der Waals surface area contributed by atoms with E-state index in [2.05, 4.69) is 0 Å². The molecule has 9 heteroatoms. The molecule has 0 aliphatic heterocycles. The van der Waals surface area contributed by atoms with Crippen LogP contribution < -0.4 is 4.74 Å². The maximum atomic E-state index is 10.6. The number of carboxylic acids is 1. The molecular formula is C10H12O8S. The van der Waals surface area contributed by atoms with Gasteiger partial charge in [-0.1, -0.05) is 0 Å². The third-order valence-electron chi connectivity index (χ3n) is 1.82. The molecule has 0 aliphatic carbocycles. The molecular weight excluding hydrogens is 280 g/mol. The highest BCUT2D eigenvalue weighted by atomic mass is 32.3. The lowest BCUT2D eigenvalue weighted by Crippen LogP contribution is -2.03. The van der Waals surface area contributed by atoms with Crippen molar-refractivity contribution in [1.29, 1.82) is 0 Å². The van der Waals surface area contributed by atoms with Crippen LogP contribution in [0.2, 0.25) is 0 Å². The summed E-state index contributed by atoms with van der Waals surface area (Å²) < 4.78 is 36.5. The number of aldehydes is 1. The first-order valence-electron chi connectivity index (χ1n) is 4.71. The summed E-state index contributed by atoms with van der Waals surface area (Å²) in [6, 6.07) is 4.72. The van der Waals surface area contributed by atoms with Gasteiger partial charge in [0.1, 0.15) is 12.0 Å². The highest BCUT2D eigenvalue weighted by Crippen LogP contribution is 2.16. The standard InChI is InChI=1S/C10H10O4.H2O4S/c1-14-9-3-2-7(6-11)8(4-9)5-10(12)13;1-5(2,3)4/h2-4,6H,5H2,1H3,(H,12,13);(H2,1,2,3,4). The van der Waals surface area contributed by atoms with Crippen LogP contribution in [0.5, 0.6) is 5.75 Å². The van der Waals surface area contributed by atoms with E-state index in [4.69, 9.17) is 27.4 Å². The first-order valence-corrected chi connectivity index (χ1v) is 6.11. The van der Waals surface area contributed by atoms with Crippen LogP contribution >= 0.6 is 0 Å². The van der Waals surface area contributed by atoms with Crippen LogP contribution in [-0.2, 0) is 21.6 Å². The summed E-state index contributed by atoms with van der Waals surface area (Å²) >= 11 is 0. The topological polar surface area (TPSA) is 138 Å². The Morgan fingerprint density at radius 2 is 1.89 bits per heavy atom. The molecule has 0 atom stereocenters. The smallest absolute Gasteiger partial charge is 0.394 e. The highest BCUT2D eigenvalue weighted by Gasteiger charge is 2.07. The van der Waals surface area contributed by atoms with Crippen LogP contribution in [0, 0.1) is 0 Å². The molecule has 0 fully saturated rings. The second-order valence-electron chi connectivity index (χ2n) is 3.20. The molecule has 0 saturated heterocycles. The van der Waals surface area contributed by atoms with Crippen LogP contribution in [0.4, 0.5) is 0 Å². The molecule has 1 rings (SSSR count). The Morgan fingerprint density at radius 3 is 2.26 bits per heavy atom. The van der Waals surface area contributed by atoms with E-state index in [0.717, 1.165) is 0 Å². The average molecular weight is 292 g/mol. The van der Waals surface area contributed by atoms with E-state index in [0.29, 0.717) is 23.2 Å². The fraction of sp³-hybridized carbons (Fsp3) is 0.200. The maximum absolute atomic E-state index is 10.6. The zero-order valence-corrected chi connectivity index (χ0v) is 10.6. The molecule has 0 bridgehead atoms. The van der Waals surface area contributed by atoms with Gasteiger partial charge in [-0.15, -0.1) is 0 Å². The number of rotatable bonds is 4. The van der Waals surface area contributed by atoms with E-state index in [1.54, 1.807) is 18.2 Å². The van der Waals surface area contributed by atoms with Crippen molar-refractivity contribution < 1.29 is 37.0 Å². The molecule has 0 heterocycles. The predicted molar refractivity (Wildman–Crippen MR) is 63.9 cm³/mol. The Labute approximate surface area is 109 Å². The van der Waals surface area contributed by atoms with Crippen LogP contribution in [0.25, 0.3) is 0 Å². The summed E-state index contributed by atoms with van der Waals surface area (Å²) in [6.07, 6.45) is 0.461. The first kappa shape index (κ1) is 17.0. The Bertz CT molecular complexity index is 541. The van der Waals surface area contributed by atoms with Crippen LogP contribution in [-0.4, -0.2) is 42.0 Å². The predicted octanol–water partition coefficient (Wildman–Crippen LogP) is 0.482. The average Bonchev–Trinajstić information content (AvgIpc) is 2.26. The summed E-state index contributed by atoms with van der Waals surface area (Å²) in [4.78, 5) is 21.1. The largest absolute Gasteiger partial charge is 0.497 e. The fourth-order valence-electron chi connectivity index (χ4n) is 1.14. The summed E-state index contributed by atoms with van der Waals surface area (Å²) in [5.41, 5.74) is 0.847. The Balaban J connectivity index is 0.000000555. The van der Waals surface area contributed by atoms with E-state index in [9.17, 15) is 9.59 Å². The molecule has 1 aromatic rings. The van der Waals surface area contributed by atoms with Gasteiger partial charge in [-0.05, 0) is 23.8 Å². The van der Waals surface area contributed by atoms with Crippen molar-refractivity contribution in [2.75, 3.05) is 7.11 Å². The Morgan fingerprint density at radius 1 is 1.37 bits per heavy atom. The number of hydrogen-bond donors (Lipinski definition) is 3. The minimum atomic E-state index is -4.67. The van der Waals surface area contributed by atoms with Gasteiger partial charge >= 0.3 is 16.4 Å². The van der Waals surface area contributed by atoms with Gasteiger partial charge in [0.05, 0.1) is 13.5 Å². The van der Waals surface area contributed by atoms with E-state index in [1.165, 1.54) is 7.11 Å². The minimum absolute atomic E-state index is 0.175. The first-order chi connectivity index (χ1) is 8.67. The molecule has 0 aliphatic rings. The number of carboxylic acid groups (broad SMARTS) is 1. The van der Waals surface area contributed by atoms with Gasteiger partial charge in [-0.25, -0.2) is 0 Å². The number of benzene rings is 1. The lowest BCUT2D eigenvalue weighted by atomic mass is 10.1. The Hall–Kier alpha value is -1.97. The lowest BCUT2D eigenvalue weighted by molar-refractivity contribution is -0.136. The molecule has 0 unspecified atom stereocenters. The normalized spacial score (nSPS) is 10.1. The number of methoxy groups -OCH3 is 1. The van der Waals surface area contributed by atoms with E-state index in [1.807, 2.05) is 0 Å². The van der Waals surface area contributed by atoms with Crippen LogP contribution in [0.1, 0.15) is 15.9 Å². The second-order valence-corrected chi connectivity index (χ2v) is 4.10. The van der Waals surface area contributed by atoms with Crippen LogP contribution in [0.15, 0.2) is 18.2 Å². The quantitative estimate of drug-likeness (QED) is 0.538. The zero-order chi connectivity index (χ0) is 15.1. The summed E-state index contributed by atoms with van der Waals surface area (Å²) in [6.45, 7) is 0. The lowest BCUT2D eigenvalue weighted by Gasteiger charge is -2.04. The van der Waals surface area contributed by atoms with Crippen molar-refractivity contribution in [1.82, 2.24) is 0 Å². The van der Waals surface area contributed by atoms with Gasteiger partial charge in [-0.2, -0.15) is 8.42 Å². The van der Waals surface area contributed by atoms with E-state index >= 15 is 0 Å². The van der Waals surface area contributed by atoms with Gasteiger partial charge in [0.15, 0.2) is 0 Å². The molecule has 8 nitrogen and oxygen atoms in total. The number of ether oxygens (including phenoxy) is 1. The molecule has 19 heavy (non-hydrogen) atoms. The molecule has 1 aromatic carbocycles. The summed E-state index contributed by atoms with van der Waals surface area (Å²) in [7, 11) is -3.18. The van der Waals surface area contributed by atoms with Gasteiger partial charge in [0, 0.05) is 5.56 Å². The zero-order valence-electron chi connectivity index (χ0n) is 9.81. The fourth-order valence-corrected chi connectivity index (χ4v) is 1.14. The third kappa shape index (κ3) is 8.71. The van der Waals surface area contributed by atoms with Gasteiger partial charge in [0.25, 0.3) is 0 Å². The summed E-state index contributed by atoms with van der Waals surface area (Å²) in [5, 5.41) is 8.59. The van der Waals surface area contributed by atoms with E-state index < -0.39 is 16.4 Å². The molecule has 0 spiro atoms. The van der Waals surface area contributed by atoms with Gasteiger partial charge < -0.3 is 9.84 Å². The number of carbonyl (C=O) groups is 2. The molecule has 106 valence electrons. The van der Waals surface area contributed by atoms with Crippen LogP contribution in [0.3, 0.4) is 0 Å². The second kappa shape index (κ2) is 7.46. The summed E-state index contributed by atoms with van der Waals surface area (Å²) in [5.74, 6) is -0.423. The van der Waals surface area contributed by atoms with Crippen molar-refractivity contribution >= 4 is 22.7 Å². The van der Waals surface area contributed by atoms with E-state index in [-0.39, 0.29) is 6.42 Å². The van der Waals surface area contributed by atoms with Crippen molar-refractivity contribution in [2.24, 2.45) is 0 Å². The number of hydrogen-bond acceptors (Lipinski definition) is 5. The van der Waals surface area contributed by atoms with Crippen molar-refractivity contribution in [2.45, 2.75) is 6.42 Å². The number of aliphatic carboxylic acids is 1. The highest BCUT2D eigenvalue weighted by molar-refractivity contribution is 7.79. The molecule has 3 N–H and O–H groups in total. The molecule has 0 saturated carbocycles. The Kier molecular flexibility index (Phi) is 6.69. The molecule has 0 amide bonds. The van der Waals surface area contributed by atoms with Crippen molar-refractivity contribution in [3.8, 4) is 5.75 Å². The number of carbonyl (C=O) groups excluding carboxylic acids is 1. The monoisotopic (exact) mass is 292 g/mol. The SMILES string of the molecule is COc1ccc(C=O)c(CC(=O)O)c1.O=S(=O)(O)O. The molecule has 0 aromatic heterocycles. The van der Waals surface area contributed by atoms with Gasteiger partial charge in [0.2, 0.25) is 0 Å². The van der Waals surface area contributed by atoms with Crippen molar-refractivity contribution in [3.05, 3.63) is 29.3 Å².